The summed E-state index contributed by atoms with van der Waals surface area (Å²) in [6, 6.07) is 7.86. The molecule has 0 saturated carbocycles. The van der Waals surface area contributed by atoms with Crippen molar-refractivity contribution >= 4 is 21.8 Å². The molecule has 26 heavy (non-hydrogen) atoms. The van der Waals surface area contributed by atoms with E-state index >= 15 is 0 Å². The number of nitroso groups, excluding NO2 is 1. The number of ether oxygens (including phenoxy) is 1. The van der Waals surface area contributed by atoms with Crippen molar-refractivity contribution in [3.8, 4) is 0 Å². The molecule has 1 saturated heterocycles. The van der Waals surface area contributed by atoms with Gasteiger partial charge in [-0.05, 0) is 50.1 Å². The third-order valence-corrected chi connectivity index (χ3v) is 5.30. The van der Waals surface area contributed by atoms with Crippen molar-refractivity contribution < 1.29 is 9.53 Å². The van der Waals surface area contributed by atoms with E-state index < -0.39 is 5.54 Å². The van der Waals surface area contributed by atoms with Gasteiger partial charge in [0.05, 0.1) is 12.5 Å². The molecule has 1 fully saturated rings. The predicted octanol–water partition coefficient (Wildman–Crippen LogP) is 4.22. The zero-order valence-corrected chi connectivity index (χ0v) is 16.6. The molecule has 5 nitrogen and oxygen atoms in total. The average molecular weight is 419 g/mol. The quantitative estimate of drug-likeness (QED) is 0.649. The zero-order valence-electron chi connectivity index (χ0n) is 15.0. The normalized spacial score (nSPS) is 22.0. The van der Waals surface area contributed by atoms with Gasteiger partial charge in [-0.3, -0.25) is 4.79 Å². The standard InChI is InChI=1S/C20H23BrN2O3/c1-20(2,22-25)13-26-17-8-5-15-9-10-23(18(15)12-17)19(24)11-14-3-6-16(21)7-4-14/h3-8,12,15,18H,9-11,13H2,1-2H3. The number of likely N-dealkylation sites (tertiary alicyclic amines) is 1. The topological polar surface area (TPSA) is 59.0 Å². The second-order valence-corrected chi connectivity index (χ2v) is 8.37. The van der Waals surface area contributed by atoms with Crippen LogP contribution in [0.5, 0.6) is 0 Å². The second-order valence-electron chi connectivity index (χ2n) is 7.45. The first-order valence-corrected chi connectivity index (χ1v) is 9.58. The Morgan fingerprint density at radius 1 is 1.35 bits per heavy atom. The minimum Gasteiger partial charge on any atom is -0.491 e. The Morgan fingerprint density at radius 2 is 2.08 bits per heavy atom. The maximum atomic E-state index is 12.8. The van der Waals surface area contributed by atoms with Crippen LogP contribution in [-0.4, -0.2) is 35.5 Å². The molecule has 0 spiro atoms. The molecule has 3 rings (SSSR count). The van der Waals surface area contributed by atoms with Crippen LogP contribution in [0.25, 0.3) is 0 Å². The highest BCUT2D eigenvalue weighted by atomic mass is 79.9. The summed E-state index contributed by atoms with van der Waals surface area (Å²) in [5, 5.41) is 3.07. The fourth-order valence-electron chi connectivity index (χ4n) is 3.26. The first-order chi connectivity index (χ1) is 12.4. The summed E-state index contributed by atoms with van der Waals surface area (Å²) in [6.45, 7) is 4.44. The molecule has 138 valence electrons. The van der Waals surface area contributed by atoms with E-state index in [4.69, 9.17) is 4.74 Å². The van der Waals surface area contributed by atoms with E-state index in [1.54, 1.807) is 13.8 Å². The van der Waals surface area contributed by atoms with Crippen molar-refractivity contribution in [3.63, 3.8) is 0 Å². The lowest BCUT2D eigenvalue weighted by Crippen LogP contribution is -2.38. The Bertz CT molecular complexity index is 740. The number of carbonyl (C=O) groups is 1. The summed E-state index contributed by atoms with van der Waals surface area (Å²) < 4.78 is 6.75. The summed E-state index contributed by atoms with van der Waals surface area (Å²) in [5.74, 6) is 1.15. The van der Waals surface area contributed by atoms with Gasteiger partial charge in [-0.15, -0.1) is 0 Å². The lowest BCUT2D eigenvalue weighted by atomic mass is 9.95. The number of amides is 1. The number of hydrogen-bond acceptors (Lipinski definition) is 4. The fraction of sp³-hybridized carbons (Fsp3) is 0.450. The van der Waals surface area contributed by atoms with Crippen LogP contribution in [0, 0.1) is 10.8 Å². The molecule has 1 aromatic carbocycles. The summed E-state index contributed by atoms with van der Waals surface area (Å²) in [6.07, 6.45) is 7.39. The molecule has 0 radical (unpaired) electrons. The van der Waals surface area contributed by atoms with Gasteiger partial charge >= 0.3 is 0 Å². The molecule has 1 heterocycles. The molecule has 1 aliphatic heterocycles. The van der Waals surface area contributed by atoms with Crippen molar-refractivity contribution in [3.05, 3.63) is 63.2 Å². The molecule has 0 N–H and O–H groups in total. The van der Waals surface area contributed by atoms with Gasteiger partial charge in [0, 0.05) is 16.9 Å². The molecule has 2 unspecified atom stereocenters. The van der Waals surface area contributed by atoms with Crippen LogP contribution >= 0.6 is 15.9 Å². The third-order valence-electron chi connectivity index (χ3n) is 4.77. The van der Waals surface area contributed by atoms with E-state index in [2.05, 4.69) is 27.2 Å². The Labute approximate surface area is 162 Å². The molecule has 1 amide bonds. The van der Waals surface area contributed by atoms with Gasteiger partial charge in [-0.25, -0.2) is 0 Å². The van der Waals surface area contributed by atoms with Gasteiger partial charge in [0.2, 0.25) is 5.91 Å². The highest BCUT2D eigenvalue weighted by Gasteiger charge is 2.36. The van der Waals surface area contributed by atoms with Crippen molar-refractivity contribution in [2.45, 2.75) is 38.3 Å². The summed E-state index contributed by atoms with van der Waals surface area (Å²) >= 11 is 3.41. The second kappa shape index (κ2) is 7.74. The Hall–Kier alpha value is -1.95. The van der Waals surface area contributed by atoms with Gasteiger partial charge in [0.15, 0.2) is 0 Å². The van der Waals surface area contributed by atoms with E-state index in [1.807, 2.05) is 41.3 Å². The Kier molecular flexibility index (Phi) is 5.61. The highest BCUT2D eigenvalue weighted by molar-refractivity contribution is 9.10. The molecular weight excluding hydrogens is 396 g/mol. The number of nitrogens with zero attached hydrogens (tertiary/aromatic N) is 2. The lowest BCUT2D eigenvalue weighted by molar-refractivity contribution is -0.130. The largest absolute Gasteiger partial charge is 0.491 e. The minimum absolute atomic E-state index is 0.0188. The molecule has 1 aliphatic carbocycles. The van der Waals surface area contributed by atoms with E-state index in [9.17, 15) is 9.70 Å². The van der Waals surface area contributed by atoms with Crippen LogP contribution in [0.1, 0.15) is 25.8 Å². The van der Waals surface area contributed by atoms with Gasteiger partial charge in [0.25, 0.3) is 0 Å². The smallest absolute Gasteiger partial charge is 0.227 e. The molecule has 1 aromatic rings. The lowest BCUT2D eigenvalue weighted by Gasteiger charge is -2.28. The predicted molar refractivity (Wildman–Crippen MR) is 105 cm³/mol. The van der Waals surface area contributed by atoms with Crippen molar-refractivity contribution in [2.24, 2.45) is 11.1 Å². The number of fused-ring (bicyclic) bond motifs is 1. The number of halogens is 1. The van der Waals surface area contributed by atoms with Crippen LogP contribution in [0.4, 0.5) is 0 Å². The third kappa shape index (κ3) is 4.41. The molecule has 0 bridgehead atoms. The number of rotatable bonds is 6. The molecular formula is C20H23BrN2O3. The maximum absolute atomic E-state index is 12.8. The summed E-state index contributed by atoms with van der Waals surface area (Å²) in [7, 11) is 0. The van der Waals surface area contributed by atoms with E-state index in [-0.39, 0.29) is 18.6 Å². The van der Waals surface area contributed by atoms with Crippen LogP contribution in [-0.2, 0) is 16.0 Å². The number of allylic oxidation sites excluding steroid dienone is 1. The highest BCUT2D eigenvalue weighted by Crippen LogP contribution is 2.32. The van der Waals surface area contributed by atoms with Crippen LogP contribution in [0.3, 0.4) is 0 Å². The van der Waals surface area contributed by atoms with Crippen molar-refractivity contribution in [2.75, 3.05) is 13.2 Å². The van der Waals surface area contributed by atoms with Crippen LogP contribution < -0.4 is 0 Å². The minimum atomic E-state index is -0.766. The zero-order chi connectivity index (χ0) is 18.7. The van der Waals surface area contributed by atoms with Crippen LogP contribution in [0.15, 0.2) is 57.9 Å². The van der Waals surface area contributed by atoms with Crippen LogP contribution in [0.2, 0.25) is 0 Å². The molecule has 2 atom stereocenters. The van der Waals surface area contributed by atoms with Gasteiger partial charge in [0.1, 0.15) is 17.9 Å². The molecule has 2 aliphatic rings. The Morgan fingerprint density at radius 3 is 2.77 bits per heavy atom. The fourth-order valence-corrected chi connectivity index (χ4v) is 3.52. The van der Waals surface area contributed by atoms with E-state index in [1.165, 1.54) is 0 Å². The first-order valence-electron chi connectivity index (χ1n) is 8.79. The Balaban J connectivity index is 1.66. The summed E-state index contributed by atoms with van der Waals surface area (Å²) in [4.78, 5) is 25.5. The monoisotopic (exact) mass is 418 g/mol. The maximum Gasteiger partial charge on any atom is 0.227 e. The summed E-state index contributed by atoms with van der Waals surface area (Å²) in [5.41, 5.74) is 0.241. The van der Waals surface area contributed by atoms with Gasteiger partial charge < -0.3 is 9.64 Å². The number of benzene rings is 1. The number of hydrogen-bond donors (Lipinski definition) is 0. The van der Waals surface area contributed by atoms with E-state index in [0.29, 0.717) is 18.1 Å². The van der Waals surface area contributed by atoms with Gasteiger partial charge in [-0.2, -0.15) is 4.91 Å². The van der Waals surface area contributed by atoms with E-state index in [0.717, 1.165) is 23.0 Å². The average Bonchev–Trinajstić information content (AvgIpc) is 3.05. The molecule has 6 heteroatoms. The number of carbonyl (C=O) groups excluding carboxylic acids is 1. The first kappa shape index (κ1) is 18.8. The SMILES string of the molecule is CC(C)(COC1=CC2C(C=C1)CCN2C(=O)Cc1ccc(Br)cc1)N=O. The van der Waals surface area contributed by atoms with Crippen molar-refractivity contribution in [1.82, 2.24) is 4.90 Å². The van der Waals surface area contributed by atoms with Gasteiger partial charge in [-0.1, -0.05) is 39.3 Å². The van der Waals surface area contributed by atoms with Crippen molar-refractivity contribution in [1.29, 1.82) is 0 Å². The molecule has 0 aromatic heterocycles.